The van der Waals surface area contributed by atoms with Crippen LogP contribution in [-0.4, -0.2) is 29.8 Å². The molecule has 2 atom stereocenters. The minimum absolute atomic E-state index is 0.0612. The van der Waals surface area contributed by atoms with E-state index in [1.807, 2.05) is 13.8 Å². The maximum absolute atomic E-state index is 13.1. The lowest BCUT2D eigenvalue weighted by Gasteiger charge is -2.17. The molecular weight excluding hydrogens is 275 g/mol. The molecule has 4 heteroatoms. The van der Waals surface area contributed by atoms with Gasteiger partial charge in [-0.1, -0.05) is 27.7 Å². The van der Waals surface area contributed by atoms with Gasteiger partial charge < -0.3 is 4.74 Å². The molecule has 0 radical (unpaired) electrons. The summed E-state index contributed by atoms with van der Waals surface area (Å²) in [6, 6.07) is 0. The van der Waals surface area contributed by atoms with Gasteiger partial charge in [0.15, 0.2) is 0 Å². The monoisotopic (exact) mass is 306 g/mol. The standard InChI is InChI=1S/C16H31FO2S/c1-5-10-19-16(18)15(12-13(3)4)20-11-8-7-9-14(17)6-2/h13-15H,5-12H2,1-4H3. The van der Waals surface area contributed by atoms with Crippen molar-refractivity contribution in [3.8, 4) is 0 Å². The molecule has 0 aromatic rings. The first-order valence-electron chi connectivity index (χ1n) is 7.93. The smallest absolute Gasteiger partial charge is 0.319 e. The molecule has 0 amide bonds. The fraction of sp³-hybridized carbons (Fsp3) is 0.938. The van der Waals surface area contributed by atoms with E-state index >= 15 is 0 Å². The van der Waals surface area contributed by atoms with E-state index in [1.54, 1.807) is 11.8 Å². The van der Waals surface area contributed by atoms with Crippen molar-refractivity contribution in [2.45, 2.75) is 77.6 Å². The zero-order valence-corrected chi connectivity index (χ0v) is 14.3. The van der Waals surface area contributed by atoms with E-state index in [-0.39, 0.29) is 11.2 Å². The first-order valence-corrected chi connectivity index (χ1v) is 8.98. The molecule has 0 bridgehead atoms. The molecule has 0 aromatic carbocycles. The molecule has 2 unspecified atom stereocenters. The van der Waals surface area contributed by atoms with Crippen LogP contribution < -0.4 is 0 Å². The zero-order valence-electron chi connectivity index (χ0n) is 13.5. The zero-order chi connectivity index (χ0) is 15.4. The quantitative estimate of drug-likeness (QED) is 0.375. The molecule has 0 spiro atoms. The molecular formula is C16H31FO2S. The minimum Gasteiger partial charge on any atom is -0.465 e. The van der Waals surface area contributed by atoms with Crippen LogP contribution in [0.25, 0.3) is 0 Å². The molecule has 0 aliphatic rings. The summed E-state index contributed by atoms with van der Waals surface area (Å²) < 4.78 is 18.3. The second kappa shape index (κ2) is 12.5. The van der Waals surface area contributed by atoms with Gasteiger partial charge in [0, 0.05) is 0 Å². The first kappa shape index (κ1) is 19.8. The summed E-state index contributed by atoms with van der Waals surface area (Å²) in [5.74, 6) is 1.31. The van der Waals surface area contributed by atoms with E-state index in [9.17, 15) is 9.18 Å². The molecule has 0 aliphatic carbocycles. The Hall–Kier alpha value is -0.250. The molecule has 0 saturated heterocycles. The van der Waals surface area contributed by atoms with Crippen molar-refractivity contribution < 1.29 is 13.9 Å². The second-order valence-electron chi connectivity index (χ2n) is 5.66. The summed E-state index contributed by atoms with van der Waals surface area (Å²) in [6.45, 7) is 8.63. The van der Waals surface area contributed by atoms with E-state index in [4.69, 9.17) is 4.74 Å². The highest BCUT2D eigenvalue weighted by molar-refractivity contribution is 8.00. The average Bonchev–Trinajstić information content (AvgIpc) is 2.42. The van der Waals surface area contributed by atoms with Gasteiger partial charge in [-0.3, -0.25) is 4.79 Å². The molecule has 0 aliphatic heterocycles. The van der Waals surface area contributed by atoms with E-state index in [0.29, 0.717) is 25.4 Å². The van der Waals surface area contributed by atoms with Crippen molar-refractivity contribution in [2.24, 2.45) is 5.92 Å². The van der Waals surface area contributed by atoms with E-state index in [1.165, 1.54) is 0 Å². The number of unbranched alkanes of at least 4 members (excludes halogenated alkanes) is 1. The van der Waals surface area contributed by atoms with Crippen LogP contribution in [0.3, 0.4) is 0 Å². The molecule has 2 nitrogen and oxygen atoms in total. The number of hydrogen-bond donors (Lipinski definition) is 0. The van der Waals surface area contributed by atoms with Crippen molar-refractivity contribution in [1.82, 2.24) is 0 Å². The van der Waals surface area contributed by atoms with Gasteiger partial charge in [0.2, 0.25) is 0 Å². The summed E-state index contributed by atoms with van der Waals surface area (Å²) in [6.07, 6.45) is 4.17. The van der Waals surface area contributed by atoms with Gasteiger partial charge in [0.25, 0.3) is 0 Å². The number of carbonyl (C=O) groups is 1. The van der Waals surface area contributed by atoms with E-state index in [2.05, 4.69) is 13.8 Å². The number of esters is 1. The summed E-state index contributed by atoms with van der Waals surface area (Å²) in [7, 11) is 0. The Morgan fingerprint density at radius 2 is 1.95 bits per heavy atom. The topological polar surface area (TPSA) is 26.3 Å². The largest absolute Gasteiger partial charge is 0.465 e. The van der Waals surface area contributed by atoms with Gasteiger partial charge in [0.1, 0.15) is 5.25 Å². The summed E-state index contributed by atoms with van der Waals surface area (Å²) >= 11 is 1.67. The number of ether oxygens (including phenoxy) is 1. The molecule has 0 aromatic heterocycles. The number of thioether (sulfide) groups is 1. The number of alkyl halides is 1. The normalized spacial score (nSPS) is 14.3. The predicted octanol–water partition coefficient (Wildman–Crippen LogP) is 5.01. The van der Waals surface area contributed by atoms with Crippen molar-refractivity contribution in [3.05, 3.63) is 0 Å². The molecule has 0 fully saturated rings. The Bertz CT molecular complexity index is 247. The average molecular weight is 306 g/mol. The fourth-order valence-corrected chi connectivity index (χ4v) is 3.23. The number of rotatable bonds is 12. The van der Waals surface area contributed by atoms with Crippen molar-refractivity contribution in [1.29, 1.82) is 0 Å². The third kappa shape index (κ3) is 10.5. The molecule has 0 heterocycles. The number of halogens is 1. The Morgan fingerprint density at radius 3 is 2.50 bits per heavy atom. The predicted molar refractivity (Wildman–Crippen MR) is 86.0 cm³/mol. The third-order valence-corrected chi connectivity index (χ3v) is 4.38. The van der Waals surface area contributed by atoms with Crippen molar-refractivity contribution in [2.75, 3.05) is 12.4 Å². The van der Waals surface area contributed by atoms with Crippen LogP contribution in [0.5, 0.6) is 0 Å². The van der Waals surface area contributed by atoms with Crippen LogP contribution in [-0.2, 0) is 9.53 Å². The Balaban J connectivity index is 3.94. The number of carbonyl (C=O) groups excluding carboxylic acids is 1. The van der Waals surface area contributed by atoms with Crippen LogP contribution in [0, 0.1) is 5.92 Å². The highest BCUT2D eigenvalue weighted by atomic mass is 32.2. The van der Waals surface area contributed by atoms with Gasteiger partial charge >= 0.3 is 5.97 Å². The van der Waals surface area contributed by atoms with Gasteiger partial charge in [-0.15, -0.1) is 11.8 Å². The highest BCUT2D eigenvalue weighted by Gasteiger charge is 2.21. The van der Waals surface area contributed by atoms with Crippen LogP contribution >= 0.6 is 11.8 Å². The molecule has 0 saturated carbocycles. The number of hydrogen-bond acceptors (Lipinski definition) is 3. The minimum atomic E-state index is -0.666. The third-order valence-electron chi connectivity index (χ3n) is 3.07. The summed E-state index contributed by atoms with van der Waals surface area (Å²) in [5.41, 5.74) is 0. The van der Waals surface area contributed by atoms with Crippen molar-refractivity contribution in [3.63, 3.8) is 0 Å². The van der Waals surface area contributed by atoms with Gasteiger partial charge in [-0.25, -0.2) is 4.39 Å². The van der Waals surface area contributed by atoms with Gasteiger partial charge in [0.05, 0.1) is 12.8 Å². The Labute approximate surface area is 128 Å². The Kier molecular flexibility index (Phi) is 12.3. The fourth-order valence-electron chi connectivity index (χ4n) is 1.85. The van der Waals surface area contributed by atoms with Gasteiger partial charge in [-0.05, 0) is 50.2 Å². The maximum Gasteiger partial charge on any atom is 0.319 e. The van der Waals surface area contributed by atoms with E-state index in [0.717, 1.165) is 31.4 Å². The molecule has 0 N–H and O–H groups in total. The van der Waals surface area contributed by atoms with Crippen LogP contribution in [0.2, 0.25) is 0 Å². The molecule has 0 rings (SSSR count). The maximum atomic E-state index is 13.1. The summed E-state index contributed by atoms with van der Waals surface area (Å²) in [4.78, 5) is 12.0. The first-order chi connectivity index (χ1) is 9.51. The van der Waals surface area contributed by atoms with Crippen LogP contribution in [0.1, 0.15) is 66.2 Å². The van der Waals surface area contributed by atoms with Crippen molar-refractivity contribution >= 4 is 17.7 Å². The van der Waals surface area contributed by atoms with E-state index < -0.39 is 6.17 Å². The molecule has 20 heavy (non-hydrogen) atoms. The van der Waals surface area contributed by atoms with Crippen LogP contribution in [0.4, 0.5) is 4.39 Å². The second-order valence-corrected chi connectivity index (χ2v) is 6.97. The van der Waals surface area contributed by atoms with Gasteiger partial charge in [-0.2, -0.15) is 0 Å². The highest BCUT2D eigenvalue weighted by Crippen LogP contribution is 2.22. The summed E-state index contributed by atoms with van der Waals surface area (Å²) in [5, 5.41) is -0.0612. The lowest BCUT2D eigenvalue weighted by Crippen LogP contribution is -2.23. The Morgan fingerprint density at radius 1 is 1.25 bits per heavy atom. The van der Waals surface area contributed by atoms with Crippen LogP contribution in [0.15, 0.2) is 0 Å². The lowest BCUT2D eigenvalue weighted by atomic mass is 10.1. The molecule has 120 valence electrons. The lowest BCUT2D eigenvalue weighted by molar-refractivity contribution is -0.143. The SMILES string of the molecule is CCCOC(=O)C(CC(C)C)SCCCCC(F)CC.